The highest BCUT2D eigenvalue weighted by molar-refractivity contribution is 6.09. The number of ether oxygens (including phenoxy) is 2. The number of benzene rings is 1. The highest BCUT2D eigenvalue weighted by atomic mass is 16.5. The average molecular weight is 276 g/mol. The molecule has 20 heavy (non-hydrogen) atoms. The molecule has 6 heteroatoms. The summed E-state index contributed by atoms with van der Waals surface area (Å²) < 4.78 is 15.7. The predicted octanol–water partition coefficient (Wildman–Crippen LogP) is 2.52. The molecule has 0 bridgehead atoms. The molecule has 2 heterocycles. The zero-order chi connectivity index (χ0) is 14.4. The number of carbonyl (C=O) groups excluding carboxylic acids is 1. The first-order chi connectivity index (χ1) is 9.52. The molecule has 0 radical (unpaired) electrons. The first kappa shape index (κ1) is 12.4. The Morgan fingerprint density at radius 2 is 2.15 bits per heavy atom. The van der Waals surface area contributed by atoms with Gasteiger partial charge in [-0.15, -0.1) is 0 Å². The Kier molecular flexibility index (Phi) is 2.60. The normalized spacial score (nSPS) is 13.6. The first-order valence-corrected chi connectivity index (χ1v) is 5.92. The van der Waals surface area contributed by atoms with E-state index in [9.17, 15) is 15.0 Å². The zero-order valence-corrected chi connectivity index (χ0v) is 10.9. The summed E-state index contributed by atoms with van der Waals surface area (Å²) >= 11 is 0. The van der Waals surface area contributed by atoms with E-state index in [1.165, 1.54) is 13.2 Å². The molecule has 0 amide bonds. The minimum Gasteiger partial charge on any atom is -0.504 e. The van der Waals surface area contributed by atoms with Crippen LogP contribution in [0.25, 0.3) is 17.0 Å². The van der Waals surface area contributed by atoms with Crippen molar-refractivity contribution in [2.75, 3.05) is 7.11 Å². The van der Waals surface area contributed by atoms with Crippen LogP contribution in [-0.4, -0.2) is 23.3 Å². The van der Waals surface area contributed by atoms with E-state index < -0.39 is 17.5 Å². The highest BCUT2D eigenvalue weighted by Gasteiger charge is 2.27. The van der Waals surface area contributed by atoms with Crippen LogP contribution in [0.5, 0.6) is 11.5 Å². The van der Waals surface area contributed by atoms with Crippen molar-refractivity contribution in [3.8, 4) is 11.5 Å². The molecule has 0 aliphatic carbocycles. The first-order valence-electron chi connectivity index (χ1n) is 5.92. The van der Waals surface area contributed by atoms with E-state index in [0.717, 1.165) is 0 Å². The van der Waals surface area contributed by atoms with Crippen molar-refractivity contribution in [2.24, 2.45) is 0 Å². The summed E-state index contributed by atoms with van der Waals surface area (Å²) in [6, 6.07) is 1.26. The lowest BCUT2D eigenvalue weighted by molar-refractivity contribution is 0.0599. The maximum Gasteiger partial charge on any atom is 0.342 e. The Morgan fingerprint density at radius 3 is 2.85 bits per heavy atom. The summed E-state index contributed by atoms with van der Waals surface area (Å²) in [4.78, 5) is 11.9. The molecule has 2 aromatic rings. The predicted molar refractivity (Wildman–Crippen MR) is 69.3 cm³/mol. The Hall–Kier alpha value is -2.63. The lowest BCUT2D eigenvalue weighted by atomic mass is 10.0. The zero-order valence-electron chi connectivity index (χ0n) is 10.9. The smallest absolute Gasteiger partial charge is 0.342 e. The van der Waals surface area contributed by atoms with Crippen LogP contribution in [0.15, 0.2) is 16.2 Å². The van der Waals surface area contributed by atoms with Crippen LogP contribution in [0.4, 0.5) is 0 Å². The fourth-order valence-corrected chi connectivity index (χ4v) is 2.29. The number of rotatable bonds is 1. The van der Waals surface area contributed by atoms with Crippen molar-refractivity contribution in [3.63, 3.8) is 0 Å². The third-order valence-corrected chi connectivity index (χ3v) is 3.23. The molecule has 0 saturated carbocycles. The molecule has 1 aliphatic heterocycles. The second-order valence-corrected chi connectivity index (χ2v) is 4.47. The maximum absolute atomic E-state index is 11.9. The van der Waals surface area contributed by atoms with Gasteiger partial charge in [-0.25, -0.2) is 4.79 Å². The van der Waals surface area contributed by atoms with Crippen molar-refractivity contribution in [1.82, 2.24) is 0 Å². The summed E-state index contributed by atoms with van der Waals surface area (Å²) in [7, 11) is 1.20. The monoisotopic (exact) mass is 276 g/mol. The van der Waals surface area contributed by atoms with Crippen molar-refractivity contribution >= 4 is 23.0 Å². The SMILES string of the molecule is COC(=O)c1c(O)c(O)cc2oc3c(c12)COC(C)=C3. The Bertz CT molecular complexity index is 753. The number of hydrogen-bond acceptors (Lipinski definition) is 6. The fourth-order valence-electron chi connectivity index (χ4n) is 2.29. The third-order valence-electron chi connectivity index (χ3n) is 3.23. The second kappa shape index (κ2) is 4.19. The molecule has 6 nitrogen and oxygen atoms in total. The third kappa shape index (κ3) is 1.61. The molecule has 2 N–H and O–H groups in total. The highest BCUT2D eigenvalue weighted by Crippen LogP contribution is 2.42. The van der Waals surface area contributed by atoms with Gasteiger partial charge in [-0.3, -0.25) is 0 Å². The molecule has 0 unspecified atom stereocenters. The van der Waals surface area contributed by atoms with Crippen LogP contribution in [0, 0.1) is 0 Å². The fraction of sp³-hybridized carbons (Fsp3) is 0.214. The van der Waals surface area contributed by atoms with Gasteiger partial charge < -0.3 is 24.1 Å². The standard InChI is InChI=1S/C14H12O6/c1-6-3-9-7(5-19-6)11-10(20-9)4-8(15)13(16)12(11)14(17)18-2/h3-4,15-16H,5H2,1-2H3. The molecule has 1 aromatic carbocycles. The molecule has 1 aliphatic rings. The maximum atomic E-state index is 11.9. The number of hydrogen-bond donors (Lipinski definition) is 2. The van der Waals surface area contributed by atoms with Crippen molar-refractivity contribution in [2.45, 2.75) is 13.5 Å². The van der Waals surface area contributed by atoms with Gasteiger partial charge in [0.15, 0.2) is 11.5 Å². The van der Waals surface area contributed by atoms with Crippen LogP contribution >= 0.6 is 0 Å². The number of furan rings is 1. The van der Waals surface area contributed by atoms with E-state index in [0.29, 0.717) is 28.1 Å². The van der Waals surface area contributed by atoms with E-state index in [1.54, 1.807) is 13.0 Å². The number of fused-ring (bicyclic) bond motifs is 3. The molecule has 104 valence electrons. The number of esters is 1. The topological polar surface area (TPSA) is 89.1 Å². The Labute approximate surface area is 113 Å². The molecular formula is C14H12O6. The molecule has 0 fully saturated rings. The van der Waals surface area contributed by atoms with Crippen molar-refractivity contribution in [3.05, 3.63) is 28.7 Å². The van der Waals surface area contributed by atoms with Gasteiger partial charge in [-0.2, -0.15) is 0 Å². The van der Waals surface area contributed by atoms with Gasteiger partial charge in [0.2, 0.25) is 0 Å². The van der Waals surface area contributed by atoms with Crippen LogP contribution in [0.2, 0.25) is 0 Å². The average Bonchev–Trinajstić information content (AvgIpc) is 2.76. The molecule has 3 rings (SSSR count). The number of methoxy groups -OCH3 is 1. The molecule has 0 spiro atoms. The quantitative estimate of drug-likeness (QED) is 0.614. The van der Waals surface area contributed by atoms with E-state index in [-0.39, 0.29) is 12.2 Å². The summed E-state index contributed by atoms with van der Waals surface area (Å²) in [5.74, 6) is -0.494. The van der Waals surface area contributed by atoms with Gasteiger partial charge in [0.05, 0.1) is 12.9 Å². The molecule has 1 aromatic heterocycles. The lowest BCUT2D eigenvalue weighted by Gasteiger charge is -2.12. The van der Waals surface area contributed by atoms with E-state index in [4.69, 9.17) is 9.15 Å². The van der Waals surface area contributed by atoms with Gasteiger partial charge in [0.1, 0.15) is 23.5 Å². The molecular weight excluding hydrogens is 264 g/mol. The van der Waals surface area contributed by atoms with Gasteiger partial charge in [0.25, 0.3) is 0 Å². The van der Waals surface area contributed by atoms with Crippen LogP contribution in [-0.2, 0) is 16.1 Å². The molecule has 0 atom stereocenters. The Balaban J connectivity index is 2.41. The number of aromatic hydroxyl groups is 2. The Morgan fingerprint density at radius 1 is 1.40 bits per heavy atom. The number of allylic oxidation sites excluding steroid dienone is 1. The van der Waals surface area contributed by atoms with E-state index >= 15 is 0 Å². The van der Waals surface area contributed by atoms with Crippen LogP contribution < -0.4 is 0 Å². The summed E-state index contributed by atoms with van der Waals surface area (Å²) in [6.45, 7) is 2.01. The summed E-state index contributed by atoms with van der Waals surface area (Å²) in [5, 5.41) is 20.0. The van der Waals surface area contributed by atoms with Gasteiger partial charge >= 0.3 is 5.97 Å². The minimum atomic E-state index is -0.752. The summed E-state index contributed by atoms with van der Waals surface area (Å²) in [5.41, 5.74) is 0.811. The van der Waals surface area contributed by atoms with Gasteiger partial charge in [-0.1, -0.05) is 0 Å². The van der Waals surface area contributed by atoms with Crippen LogP contribution in [0.1, 0.15) is 28.6 Å². The number of phenols is 2. The van der Waals surface area contributed by atoms with Crippen molar-refractivity contribution in [1.29, 1.82) is 0 Å². The largest absolute Gasteiger partial charge is 0.504 e. The van der Waals surface area contributed by atoms with Crippen LogP contribution in [0.3, 0.4) is 0 Å². The molecule has 0 saturated heterocycles. The van der Waals surface area contributed by atoms with E-state index in [1.807, 2.05) is 0 Å². The van der Waals surface area contributed by atoms with Gasteiger partial charge in [0, 0.05) is 23.1 Å². The number of carbonyl (C=O) groups is 1. The second-order valence-electron chi connectivity index (χ2n) is 4.47. The lowest BCUT2D eigenvalue weighted by Crippen LogP contribution is -2.05. The minimum absolute atomic E-state index is 0.121. The van der Waals surface area contributed by atoms with Gasteiger partial charge in [-0.05, 0) is 6.92 Å². The number of phenolic OH excluding ortho intramolecular Hbond substituents is 2. The summed E-state index contributed by atoms with van der Waals surface area (Å²) in [6.07, 6.45) is 1.69. The van der Waals surface area contributed by atoms with Crippen molar-refractivity contribution < 1.29 is 28.9 Å². The van der Waals surface area contributed by atoms with E-state index in [2.05, 4.69) is 4.74 Å².